The van der Waals surface area contributed by atoms with E-state index in [0.29, 0.717) is 11.8 Å². The highest BCUT2D eigenvalue weighted by atomic mass is 32.2. The number of hydrogen-bond acceptors (Lipinski definition) is 4. The first-order chi connectivity index (χ1) is 13.8. The Morgan fingerprint density at radius 2 is 2.03 bits per heavy atom. The first-order valence-electron chi connectivity index (χ1n) is 10.1. The molecule has 0 amide bonds. The first-order valence-corrected chi connectivity index (χ1v) is 11.0. The standard InChI is InChI=1S/C22H35N5OS/c1-16(2)21-18(14-27(6)25-21)13-26(5)22(23-4)24-12-17(3)15-29-20-11-9-8-10-19(20)28-7/h8-11,14,16-17H,12-13,15H2,1-7H3,(H,23,24). The van der Waals surface area contributed by atoms with E-state index in [4.69, 9.17) is 4.74 Å². The van der Waals surface area contributed by atoms with Gasteiger partial charge in [-0.15, -0.1) is 11.8 Å². The maximum absolute atomic E-state index is 5.44. The molecule has 1 atom stereocenters. The fraction of sp³-hybridized carbons (Fsp3) is 0.545. The number of benzene rings is 1. The number of rotatable bonds is 9. The second-order valence-electron chi connectivity index (χ2n) is 7.72. The Morgan fingerprint density at radius 1 is 1.31 bits per heavy atom. The molecule has 0 saturated carbocycles. The van der Waals surface area contributed by atoms with E-state index in [0.717, 1.165) is 36.2 Å². The van der Waals surface area contributed by atoms with Crippen molar-refractivity contribution in [2.75, 3.05) is 33.5 Å². The van der Waals surface area contributed by atoms with Gasteiger partial charge < -0.3 is 15.0 Å². The van der Waals surface area contributed by atoms with Crippen molar-refractivity contribution < 1.29 is 4.74 Å². The van der Waals surface area contributed by atoms with E-state index in [1.165, 1.54) is 10.5 Å². The van der Waals surface area contributed by atoms with Crippen molar-refractivity contribution in [3.8, 4) is 5.75 Å². The molecule has 6 nitrogen and oxygen atoms in total. The molecule has 0 saturated heterocycles. The third-order valence-electron chi connectivity index (χ3n) is 4.67. The van der Waals surface area contributed by atoms with Crippen LogP contribution in [0.15, 0.2) is 40.4 Å². The Hall–Kier alpha value is -2.15. The van der Waals surface area contributed by atoms with Crippen molar-refractivity contribution in [1.29, 1.82) is 0 Å². The molecule has 2 rings (SSSR count). The van der Waals surface area contributed by atoms with Gasteiger partial charge in [-0.1, -0.05) is 32.9 Å². The molecule has 1 aromatic heterocycles. The number of nitrogens with one attached hydrogen (secondary N) is 1. The molecule has 1 unspecified atom stereocenters. The second-order valence-corrected chi connectivity index (χ2v) is 8.78. The van der Waals surface area contributed by atoms with E-state index >= 15 is 0 Å². The number of hydrogen-bond donors (Lipinski definition) is 1. The van der Waals surface area contributed by atoms with Crippen LogP contribution in [0.2, 0.25) is 0 Å². The van der Waals surface area contributed by atoms with Gasteiger partial charge in [-0.05, 0) is 24.0 Å². The summed E-state index contributed by atoms with van der Waals surface area (Å²) in [6, 6.07) is 8.16. The molecule has 29 heavy (non-hydrogen) atoms. The van der Waals surface area contributed by atoms with Gasteiger partial charge in [0, 0.05) is 56.6 Å². The monoisotopic (exact) mass is 417 g/mol. The summed E-state index contributed by atoms with van der Waals surface area (Å²) in [4.78, 5) is 7.80. The second kappa shape index (κ2) is 11.1. The molecule has 1 heterocycles. The van der Waals surface area contributed by atoms with Crippen LogP contribution < -0.4 is 10.1 Å². The minimum atomic E-state index is 0.404. The Bertz CT molecular complexity index is 802. The molecule has 0 radical (unpaired) electrons. The molecule has 2 aromatic rings. The van der Waals surface area contributed by atoms with Gasteiger partial charge in [0.1, 0.15) is 5.75 Å². The lowest BCUT2D eigenvalue weighted by atomic mass is 10.1. The molecule has 1 N–H and O–H groups in total. The fourth-order valence-electron chi connectivity index (χ4n) is 3.17. The predicted molar refractivity (Wildman–Crippen MR) is 123 cm³/mol. The highest BCUT2D eigenvalue weighted by molar-refractivity contribution is 7.99. The van der Waals surface area contributed by atoms with E-state index in [9.17, 15) is 0 Å². The van der Waals surface area contributed by atoms with Crippen LogP contribution in [0.1, 0.15) is 37.9 Å². The Kier molecular flexibility index (Phi) is 8.89. The van der Waals surface area contributed by atoms with Crippen molar-refractivity contribution >= 4 is 17.7 Å². The number of aromatic nitrogens is 2. The Balaban J connectivity index is 1.87. The summed E-state index contributed by atoms with van der Waals surface area (Å²) in [6.45, 7) is 8.26. The Morgan fingerprint density at radius 3 is 2.69 bits per heavy atom. The zero-order valence-corrected chi connectivity index (χ0v) is 19.6. The average Bonchev–Trinajstić information content (AvgIpc) is 3.07. The lowest BCUT2D eigenvalue weighted by Crippen LogP contribution is -2.40. The quantitative estimate of drug-likeness (QED) is 0.380. The lowest BCUT2D eigenvalue weighted by Gasteiger charge is -2.24. The third-order valence-corrected chi connectivity index (χ3v) is 6.05. The number of methoxy groups -OCH3 is 1. The molecule has 7 heteroatoms. The number of guanidine groups is 1. The summed E-state index contributed by atoms with van der Waals surface area (Å²) >= 11 is 1.83. The maximum atomic E-state index is 5.44. The molecule has 160 valence electrons. The minimum absolute atomic E-state index is 0.404. The number of ether oxygens (including phenoxy) is 1. The van der Waals surface area contributed by atoms with E-state index < -0.39 is 0 Å². The molecular formula is C22H35N5OS. The van der Waals surface area contributed by atoms with E-state index in [1.807, 2.05) is 42.7 Å². The number of aliphatic imine (C=N–C) groups is 1. The van der Waals surface area contributed by atoms with Crippen LogP contribution in [-0.4, -0.2) is 54.1 Å². The maximum Gasteiger partial charge on any atom is 0.193 e. The van der Waals surface area contributed by atoms with Crippen LogP contribution in [0, 0.1) is 5.92 Å². The zero-order chi connectivity index (χ0) is 21.4. The zero-order valence-electron chi connectivity index (χ0n) is 18.8. The number of nitrogens with zero attached hydrogens (tertiary/aromatic N) is 4. The summed E-state index contributed by atoms with van der Waals surface area (Å²) in [5.74, 6) is 3.73. The summed E-state index contributed by atoms with van der Waals surface area (Å²) in [7, 11) is 7.60. The molecule has 0 bridgehead atoms. The SMILES string of the molecule is CN=C(NCC(C)CSc1ccccc1OC)N(C)Cc1cn(C)nc1C(C)C. The third kappa shape index (κ3) is 6.70. The van der Waals surface area contributed by atoms with Gasteiger partial charge in [0.25, 0.3) is 0 Å². The van der Waals surface area contributed by atoms with Crippen molar-refractivity contribution in [3.63, 3.8) is 0 Å². The smallest absolute Gasteiger partial charge is 0.193 e. The summed E-state index contributed by atoms with van der Waals surface area (Å²) in [5, 5.41) is 8.12. The van der Waals surface area contributed by atoms with Crippen LogP contribution in [0.25, 0.3) is 0 Å². The topological polar surface area (TPSA) is 54.7 Å². The van der Waals surface area contributed by atoms with Crippen LogP contribution >= 0.6 is 11.8 Å². The van der Waals surface area contributed by atoms with Gasteiger partial charge in [0.15, 0.2) is 5.96 Å². The molecular weight excluding hydrogens is 382 g/mol. The van der Waals surface area contributed by atoms with Crippen LogP contribution in [0.4, 0.5) is 0 Å². The minimum Gasteiger partial charge on any atom is -0.496 e. The fourth-order valence-corrected chi connectivity index (χ4v) is 4.22. The van der Waals surface area contributed by atoms with Gasteiger partial charge in [0.05, 0.1) is 12.8 Å². The van der Waals surface area contributed by atoms with Crippen LogP contribution in [-0.2, 0) is 13.6 Å². The molecule has 0 fully saturated rings. The number of thioether (sulfide) groups is 1. The highest BCUT2D eigenvalue weighted by Gasteiger charge is 2.15. The number of para-hydroxylation sites is 1. The Labute approximate surface area is 179 Å². The van der Waals surface area contributed by atoms with Crippen molar-refractivity contribution in [2.24, 2.45) is 18.0 Å². The molecule has 0 spiro atoms. The van der Waals surface area contributed by atoms with E-state index in [2.05, 4.69) is 66.5 Å². The molecule has 0 aliphatic carbocycles. The molecule has 1 aromatic carbocycles. The summed E-state index contributed by atoms with van der Waals surface area (Å²) < 4.78 is 7.33. The van der Waals surface area contributed by atoms with Gasteiger partial charge in [-0.25, -0.2) is 0 Å². The number of aryl methyl sites for hydroxylation is 1. The highest BCUT2D eigenvalue weighted by Crippen LogP contribution is 2.29. The van der Waals surface area contributed by atoms with E-state index in [-0.39, 0.29) is 0 Å². The summed E-state index contributed by atoms with van der Waals surface area (Å²) in [5.41, 5.74) is 2.39. The van der Waals surface area contributed by atoms with Crippen molar-refractivity contribution in [2.45, 2.75) is 38.1 Å². The van der Waals surface area contributed by atoms with Crippen molar-refractivity contribution in [3.05, 3.63) is 41.7 Å². The average molecular weight is 418 g/mol. The largest absolute Gasteiger partial charge is 0.496 e. The van der Waals surface area contributed by atoms with Gasteiger partial charge >= 0.3 is 0 Å². The van der Waals surface area contributed by atoms with E-state index in [1.54, 1.807) is 7.11 Å². The predicted octanol–water partition coefficient (Wildman–Crippen LogP) is 3.99. The lowest BCUT2D eigenvalue weighted by molar-refractivity contribution is 0.404. The van der Waals surface area contributed by atoms with Crippen LogP contribution in [0.5, 0.6) is 5.75 Å². The first kappa shape index (κ1) is 23.1. The molecule has 0 aliphatic heterocycles. The normalized spacial score (nSPS) is 12.9. The summed E-state index contributed by atoms with van der Waals surface area (Å²) in [6.07, 6.45) is 2.10. The van der Waals surface area contributed by atoms with Gasteiger partial charge in [-0.2, -0.15) is 5.10 Å². The van der Waals surface area contributed by atoms with Crippen molar-refractivity contribution in [1.82, 2.24) is 20.0 Å². The van der Waals surface area contributed by atoms with Gasteiger partial charge in [-0.3, -0.25) is 9.67 Å². The van der Waals surface area contributed by atoms with Gasteiger partial charge in [0.2, 0.25) is 0 Å². The molecule has 0 aliphatic rings. The van der Waals surface area contributed by atoms with Crippen LogP contribution in [0.3, 0.4) is 0 Å².